The Bertz CT molecular complexity index is 534. The first-order chi connectivity index (χ1) is 11.1. The van der Waals surface area contributed by atoms with Crippen molar-refractivity contribution in [2.75, 3.05) is 39.3 Å². The molecule has 1 fully saturated rings. The van der Waals surface area contributed by atoms with Crippen LogP contribution in [-0.2, 0) is 17.6 Å². The standard InChI is InChI=1S/C16H27N5OS/c1-4-15-19-14(12-23-15)6-7-18-16(17-5-2)21-10-8-20(9-11-21)13(3)22/h12H,4-11H2,1-3H3,(H,17,18). The summed E-state index contributed by atoms with van der Waals surface area (Å²) in [6.07, 6.45) is 1.87. The zero-order chi connectivity index (χ0) is 16.7. The number of nitrogens with one attached hydrogen (secondary N) is 1. The monoisotopic (exact) mass is 337 g/mol. The first kappa shape index (κ1) is 17.7. The minimum atomic E-state index is 0.154. The number of rotatable bonds is 5. The molecule has 6 nitrogen and oxygen atoms in total. The average molecular weight is 337 g/mol. The molecular weight excluding hydrogens is 310 g/mol. The predicted octanol–water partition coefficient (Wildman–Crippen LogP) is 1.38. The second-order valence-corrected chi connectivity index (χ2v) is 6.51. The van der Waals surface area contributed by atoms with Crippen LogP contribution in [0.2, 0.25) is 0 Å². The molecule has 0 unspecified atom stereocenters. The zero-order valence-corrected chi connectivity index (χ0v) is 15.2. The molecule has 2 rings (SSSR count). The highest BCUT2D eigenvalue weighted by Crippen LogP contribution is 2.10. The predicted molar refractivity (Wildman–Crippen MR) is 95.0 cm³/mol. The van der Waals surface area contributed by atoms with Crippen molar-refractivity contribution >= 4 is 23.2 Å². The van der Waals surface area contributed by atoms with E-state index in [2.05, 4.69) is 34.4 Å². The van der Waals surface area contributed by atoms with Gasteiger partial charge in [-0.1, -0.05) is 6.92 Å². The van der Waals surface area contributed by atoms with E-state index in [-0.39, 0.29) is 5.91 Å². The number of hydrogen-bond acceptors (Lipinski definition) is 4. The number of aliphatic imine (C=N–C) groups is 1. The summed E-state index contributed by atoms with van der Waals surface area (Å²) in [6, 6.07) is 0. The van der Waals surface area contributed by atoms with Crippen molar-refractivity contribution in [3.05, 3.63) is 16.1 Å². The van der Waals surface area contributed by atoms with Crippen molar-refractivity contribution in [2.45, 2.75) is 33.6 Å². The number of aryl methyl sites for hydroxylation is 1. The molecule has 0 saturated carbocycles. The van der Waals surface area contributed by atoms with Crippen LogP contribution in [0.25, 0.3) is 0 Å². The van der Waals surface area contributed by atoms with Gasteiger partial charge in [-0.15, -0.1) is 11.3 Å². The molecule has 128 valence electrons. The lowest BCUT2D eigenvalue weighted by Gasteiger charge is -2.36. The van der Waals surface area contributed by atoms with Crippen LogP contribution in [0, 0.1) is 0 Å². The summed E-state index contributed by atoms with van der Waals surface area (Å²) in [5.74, 6) is 1.10. The first-order valence-corrected chi connectivity index (χ1v) is 9.24. The van der Waals surface area contributed by atoms with Gasteiger partial charge >= 0.3 is 0 Å². The fraction of sp³-hybridized carbons (Fsp3) is 0.688. The van der Waals surface area contributed by atoms with Crippen molar-refractivity contribution in [2.24, 2.45) is 4.99 Å². The largest absolute Gasteiger partial charge is 0.357 e. The van der Waals surface area contributed by atoms with Crippen molar-refractivity contribution in [1.29, 1.82) is 0 Å². The molecule has 7 heteroatoms. The second-order valence-electron chi connectivity index (χ2n) is 5.56. The zero-order valence-electron chi connectivity index (χ0n) is 14.3. The Kier molecular flexibility index (Phi) is 6.83. The maximum absolute atomic E-state index is 11.4. The summed E-state index contributed by atoms with van der Waals surface area (Å²) in [5.41, 5.74) is 1.13. The van der Waals surface area contributed by atoms with Crippen LogP contribution in [0.5, 0.6) is 0 Å². The van der Waals surface area contributed by atoms with Crippen LogP contribution >= 0.6 is 11.3 Å². The Morgan fingerprint density at radius 2 is 2.00 bits per heavy atom. The van der Waals surface area contributed by atoms with Gasteiger partial charge < -0.3 is 15.1 Å². The molecule has 0 radical (unpaired) electrons. The van der Waals surface area contributed by atoms with E-state index < -0.39 is 0 Å². The van der Waals surface area contributed by atoms with Gasteiger partial charge in [-0.2, -0.15) is 0 Å². The quantitative estimate of drug-likeness (QED) is 0.651. The van der Waals surface area contributed by atoms with Gasteiger partial charge in [0.1, 0.15) is 0 Å². The van der Waals surface area contributed by atoms with Crippen LogP contribution in [0.15, 0.2) is 10.4 Å². The lowest BCUT2D eigenvalue weighted by molar-refractivity contribution is -0.130. The maximum Gasteiger partial charge on any atom is 0.219 e. The van der Waals surface area contributed by atoms with E-state index in [1.165, 1.54) is 5.01 Å². The molecule has 0 bridgehead atoms. The van der Waals surface area contributed by atoms with Gasteiger partial charge in [0, 0.05) is 58.0 Å². The molecule has 23 heavy (non-hydrogen) atoms. The van der Waals surface area contributed by atoms with E-state index >= 15 is 0 Å². The van der Waals surface area contributed by atoms with E-state index in [9.17, 15) is 4.79 Å². The maximum atomic E-state index is 11.4. The Balaban J connectivity index is 1.88. The number of thiazole rings is 1. The van der Waals surface area contributed by atoms with E-state index in [1.54, 1.807) is 18.3 Å². The van der Waals surface area contributed by atoms with E-state index in [1.807, 2.05) is 4.90 Å². The minimum absolute atomic E-state index is 0.154. The molecule has 0 spiro atoms. The van der Waals surface area contributed by atoms with E-state index in [4.69, 9.17) is 4.99 Å². The number of carbonyl (C=O) groups excluding carboxylic acids is 1. The fourth-order valence-corrected chi connectivity index (χ4v) is 3.34. The average Bonchev–Trinajstić information content (AvgIpc) is 3.02. The van der Waals surface area contributed by atoms with Gasteiger partial charge in [-0.3, -0.25) is 9.79 Å². The van der Waals surface area contributed by atoms with Crippen molar-refractivity contribution < 1.29 is 4.79 Å². The molecule has 1 aromatic heterocycles. The van der Waals surface area contributed by atoms with Crippen molar-refractivity contribution in [1.82, 2.24) is 20.1 Å². The third kappa shape index (κ3) is 5.20. The number of piperazine rings is 1. The topological polar surface area (TPSA) is 60.8 Å². The molecule has 0 aromatic carbocycles. The van der Waals surface area contributed by atoms with Gasteiger partial charge in [-0.25, -0.2) is 4.98 Å². The Morgan fingerprint density at radius 1 is 1.30 bits per heavy atom. The second kappa shape index (κ2) is 8.86. The molecule has 1 aliphatic rings. The van der Waals surface area contributed by atoms with Crippen molar-refractivity contribution in [3.63, 3.8) is 0 Å². The van der Waals surface area contributed by atoms with Gasteiger partial charge in [0.2, 0.25) is 5.91 Å². The summed E-state index contributed by atoms with van der Waals surface area (Å²) in [5, 5.41) is 6.68. The van der Waals surface area contributed by atoms with Gasteiger partial charge in [0.15, 0.2) is 5.96 Å². The highest BCUT2D eigenvalue weighted by molar-refractivity contribution is 7.09. The fourth-order valence-electron chi connectivity index (χ4n) is 2.56. The lowest BCUT2D eigenvalue weighted by atomic mass is 10.3. The summed E-state index contributed by atoms with van der Waals surface area (Å²) in [7, 11) is 0. The molecule has 0 aliphatic carbocycles. The molecule has 2 heterocycles. The van der Waals surface area contributed by atoms with Crippen LogP contribution in [-0.4, -0.2) is 65.9 Å². The number of amides is 1. The molecule has 1 saturated heterocycles. The lowest BCUT2D eigenvalue weighted by Crippen LogP contribution is -2.53. The minimum Gasteiger partial charge on any atom is -0.357 e. The third-order valence-electron chi connectivity index (χ3n) is 3.89. The Labute approximate surface area is 142 Å². The third-order valence-corrected chi connectivity index (χ3v) is 4.93. The van der Waals surface area contributed by atoms with Crippen LogP contribution in [0.4, 0.5) is 0 Å². The highest BCUT2D eigenvalue weighted by atomic mass is 32.1. The molecule has 1 N–H and O–H groups in total. The van der Waals surface area contributed by atoms with Gasteiger partial charge in [0.05, 0.1) is 10.7 Å². The molecule has 0 atom stereocenters. The van der Waals surface area contributed by atoms with E-state index in [0.717, 1.165) is 63.8 Å². The highest BCUT2D eigenvalue weighted by Gasteiger charge is 2.20. The summed E-state index contributed by atoms with van der Waals surface area (Å²) < 4.78 is 0. The molecule has 1 aliphatic heterocycles. The summed E-state index contributed by atoms with van der Waals surface area (Å²) >= 11 is 1.73. The molecular formula is C16H27N5OS. The smallest absolute Gasteiger partial charge is 0.219 e. The number of guanidine groups is 1. The number of hydrogen-bond donors (Lipinski definition) is 1. The van der Waals surface area contributed by atoms with Crippen LogP contribution in [0.3, 0.4) is 0 Å². The number of nitrogens with zero attached hydrogens (tertiary/aromatic N) is 4. The van der Waals surface area contributed by atoms with Crippen LogP contribution in [0.1, 0.15) is 31.5 Å². The Hall–Kier alpha value is -1.63. The summed E-state index contributed by atoms with van der Waals surface area (Å²) in [4.78, 5) is 24.9. The summed E-state index contributed by atoms with van der Waals surface area (Å²) in [6.45, 7) is 10.6. The molecule has 1 amide bonds. The number of aromatic nitrogens is 1. The van der Waals surface area contributed by atoms with Crippen molar-refractivity contribution in [3.8, 4) is 0 Å². The normalized spacial score (nSPS) is 15.9. The van der Waals surface area contributed by atoms with Crippen LogP contribution < -0.4 is 5.32 Å². The number of carbonyl (C=O) groups is 1. The Morgan fingerprint density at radius 3 is 2.57 bits per heavy atom. The van der Waals surface area contributed by atoms with E-state index in [0.29, 0.717) is 0 Å². The van der Waals surface area contributed by atoms with Gasteiger partial charge in [0.25, 0.3) is 0 Å². The van der Waals surface area contributed by atoms with Gasteiger partial charge in [-0.05, 0) is 13.3 Å². The SMILES string of the molecule is CCNC(=NCCc1csc(CC)n1)N1CCN(C(C)=O)CC1. The molecule has 1 aromatic rings. The first-order valence-electron chi connectivity index (χ1n) is 8.36.